The molecule has 2 rings (SSSR count). The Hall–Kier alpha value is -1.76. The lowest BCUT2D eigenvalue weighted by molar-refractivity contribution is 0.414. The summed E-state index contributed by atoms with van der Waals surface area (Å²) in [7, 11) is 3.47. The SMILES string of the molecule is CN=C(NCCc1ccc(OC)cc1)NCc1ccccc1C.I. The van der Waals surface area contributed by atoms with Crippen LogP contribution in [0.2, 0.25) is 0 Å². The highest BCUT2D eigenvalue weighted by Crippen LogP contribution is 2.11. The van der Waals surface area contributed by atoms with Crippen LogP contribution in [0.25, 0.3) is 0 Å². The van der Waals surface area contributed by atoms with E-state index in [1.807, 2.05) is 12.1 Å². The van der Waals surface area contributed by atoms with Crippen molar-refractivity contribution >= 4 is 29.9 Å². The van der Waals surface area contributed by atoms with E-state index in [1.54, 1.807) is 14.2 Å². The van der Waals surface area contributed by atoms with Crippen molar-refractivity contribution in [3.8, 4) is 5.75 Å². The van der Waals surface area contributed by atoms with Crippen LogP contribution >= 0.6 is 24.0 Å². The zero-order valence-electron chi connectivity index (χ0n) is 14.5. The van der Waals surface area contributed by atoms with Gasteiger partial charge in [-0.1, -0.05) is 36.4 Å². The molecule has 0 heterocycles. The number of halogens is 1. The first-order chi connectivity index (χ1) is 11.2. The molecule has 24 heavy (non-hydrogen) atoms. The van der Waals surface area contributed by atoms with Crippen molar-refractivity contribution in [3.05, 3.63) is 65.2 Å². The molecule has 0 amide bonds. The van der Waals surface area contributed by atoms with Gasteiger partial charge in [-0.2, -0.15) is 0 Å². The van der Waals surface area contributed by atoms with Crippen LogP contribution in [0.15, 0.2) is 53.5 Å². The number of nitrogens with zero attached hydrogens (tertiary/aromatic N) is 1. The number of rotatable bonds is 6. The second-order valence-electron chi connectivity index (χ2n) is 5.38. The first-order valence-electron chi connectivity index (χ1n) is 7.85. The molecule has 0 saturated heterocycles. The van der Waals surface area contributed by atoms with Gasteiger partial charge in [0.15, 0.2) is 5.96 Å². The van der Waals surface area contributed by atoms with Gasteiger partial charge in [0.1, 0.15) is 5.75 Å². The van der Waals surface area contributed by atoms with E-state index >= 15 is 0 Å². The molecule has 0 fully saturated rings. The molecule has 0 aliphatic heterocycles. The van der Waals surface area contributed by atoms with Gasteiger partial charge in [0.05, 0.1) is 7.11 Å². The number of aryl methyl sites for hydroxylation is 1. The van der Waals surface area contributed by atoms with E-state index in [-0.39, 0.29) is 24.0 Å². The van der Waals surface area contributed by atoms with E-state index in [4.69, 9.17) is 4.74 Å². The first-order valence-corrected chi connectivity index (χ1v) is 7.85. The molecule has 0 unspecified atom stereocenters. The predicted molar refractivity (Wildman–Crippen MR) is 111 cm³/mol. The largest absolute Gasteiger partial charge is 0.497 e. The standard InChI is InChI=1S/C19H25N3O.HI/c1-15-6-4-5-7-17(15)14-22-19(20-2)21-13-12-16-8-10-18(23-3)11-9-16;/h4-11H,12-14H2,1-3H3,(H2,20,21,22);1H. The van der Waals surface area contributed by atoms with E-state index in [2.05, 4.69) is 58.9 Å². The van der Waals surface area contributed by atoms with Gasteiger partial charge < -0.3 is 15.4 Å². The Kier molecular flexibility index (Phi) is 9.22. The van der Waals surface area contributed by atoms with Crippen LogP contribution in [0, 0.1) is 6.92 Å². The Morgan fingerprint density at radius 2 is 1.75 bits per heavy atom. The Morgan fingerprint density at radius 3 is 2.38 bits per heavy atom. The van der Waals surface area contributed by atoms with Crippen molar-refractivity contribution in [1.82, 2.24) is 10.6 Å². The van der Waals surface area contributed by atoms with Gasteiger partial charge >= 0.3 is 0 Å². The van der Waals surface area contributed by atoms with Crippen molar-refractivity contribution in [2.45, 2.75) is 19.9 Å². The van der Waals surface area contributed by atoms with Crippen LogP contribution in [-0.2, 0) is 13.0 Å². The summed E-state index contributed by atoms with van der Waals surface area (Å²) in [5, 5.41) is 6.69. The maximum Gasteiger partial charge on any atom is 0.191 e. The van der Waals surface area contributed by atoms with E-state index in [0.29, 0.717) is 0 Å². The van der Waals surface area contributed by atoms with E-state index in [0.717, 1.165) is 31.2 Å². The number of guanidine groups is 1. The number of hydrogen-bond acceptors (Lipinski definition) is 2. The average molecular weight is 439 g/mol. The fourth-order valence-electron chi connectivity index (χ4n) is 2.33. The average Bonchev–Trinajstić information content (AvgIpc) is 2.59. The number of methoxy groups -OCH3 is 1. The molecular formula is C19H26IN3O. The molecule has 2 N–H and O–H groups in total. The fourth-order valence-corrected chi connectivity index (χ4v) is 2.33. The first kappa shape index (κ1) is 20.3. The topological polar surface area (TPSA) is 45.7 Å². The number of aliphatic imine (C=N–C) groups is 1. The third kappa shape index (κ3) is 6.39. The predicted octanol–water partition coefficient (Wildman–Crippen LogP) is 3.53. The van der Waals surface area contributed by atoms with E-state index in [9.17, 15) is 0 Å². The summed E-state index contributed by atoms with van der Waals surface area (Å²) in [6.45, 7) is 3.73. The van der Waals surface area contributed by atoms with Crippen LogP contribution in [0.3, 0.4) is 0 Å². The minimum absolute atomic E-state index is 0. The minimum atomic E-state index is 0. The number of benzene rings is 2. The van der Waals surface area contributed by atoms with Gasteiger partial charge in [-0.25, -0.2) is 0 Å². The minimum Gasteiger partial charge on any atom is -0.497 e. The van der Waals surface area contributed by atoms with Crippen molar-refractivity contribution < 1.29 is 4.74 Å². The molecule has 0 aliphatic rings. The number of ether oxygens (including phenoxy) is 1. The highest BCUT2D eigenvalue weighted by atomic mass is 127. The van der Waals surface area contributed by atoms with Crippen LogP contribution in [0.5, 0.6) is 5.75 Å². The molecule has 0 aromatic heterocycles. The molecule has 0 bridgehead atoms. The summed E-state index contributed by atoms with van der Waals surface area (Å²) in [5.41, 5.74) is 3.84. The van der Waals surface area contributed by atoms with Crippen molar-refractivity contribution in [1.29, 1.82) is 0 Å². The summed E-state index contributed by atoms with van der Waals surface area (Å²) in [6.07, 6.45) is 0.940. The molecule has 130 valence electrons. The van der Waals surface area contributed by atoms with Gasteiger partial charge in [0.25, 0.3) is 0 Å². The van der Waals surface area contributed by atoms with E-state index in [1.165, 1.54) is 16.7 Å². The van der Waals surface area contributed by atoms with Crippen LogP contribution < -0.4 is 15.4 Å². The van der Waals surface area contributed by atoms with Gasteiger partial charge in [-0.3, -0.25) is 4.99 Å². The third-order valence-corrected chi connectivity index (χ3v) is 3.80. The number of nitrogens with one attached hydrogen (secondary N) is 2. The van der Waals surface area contributed by atoms with Crippen LogP contribution in [0.4, 0.5) is 0 Å². The molecular weight excluding hydrogens is 413 g/mol. The van der Waals surface area contributed by atoms with Gasteiger partial charge in [-0.15, -0.1) is 24.0 Å². The van der Waals surface area contributed by atoms with Gasteiger partial charge in [0, 0.05) is 20.1 Å². The van der Waals surface area contributed by atoms with E-state index < -0.39 is 0 Å². The number of hydrogen-bond donors (Lipinski definition) is 2. The smallest absolute Gasteiger partial charge is 0.191 e. The summed E-state index contributed by atoms with van der Waals surface area (Å²) in [5.74, 6) is 1.71. The van der Waals surface area contributed by atoms with Crippen molar-refractivity contribution in [2.75, 3.05) is 20.7 Å². The summed E-state index contributed by atoms with van der Waals surface area (Å²) < 4.78 is 5.17. The fraction of sp³-hybridized carbons (Fsp3) is 0.316. The zero-order valence-corrected chi connectivity index (χ0v) is 16.8. The maximum absolute atomic E-state index is 5.17. The highest BCUT2D eigenvalue weighted by Gasteiger charge is 2.01. The highest BCUT2D eigenvalue weighted by molar-refractivity contribution is 14.0. The lowest BCUT2D eigenvalue weighted by atomic mass is 10.1. The normalized spacial score (nSPS) is 10.7. The van der Waals surface area contributed by atoms with Crippen LogP contribution in [0.1, 0.15) is 16.7 Å². The van der Waals surface area contributed by atoms with Crippen molar-refractivity contribution in [3.63, 3.8) is 0 Å². The molecule has 2 aromatic rings. The molecule has 4 nitrogen and oxygen atoms in total. The molecule has 0 radical (unpaired) electrons. The van der Waals surface area contributed by atoms with Crippen molar-refractivity contribution in [2.24, 2.45) is 4.99 Å². The summed E-state index contributed by atoms with van der Waals surface area (Å²) >= 11 is 0. The second-order valence-corrected chi connectivity index (χ2v) is 5.38. The lowest BCUT2D eigenvalue weighted by Crippen LogP contribution is -2.38. The quantitative estimate of drug-likeness (QED) is 0.411. The summed E-state index contributed by atoms with van der Waals surface area (Å²) in [4.78, 5) is 4.27. The van der Waals surface area contributed by atoms with Crippen LogP contribution in [-0.4, -0.2) is 26.7 Å². The Morgan fingerprint density at radius 1 is 1.04 bits per heavy atom. The molecule has 0 spiro atoms. The Balaban J connectivity index is 0.00000288. The summed E-state index contributed by atoms with van der Waals surface area (Å²) in [6, 6.07) is 16.5. The second kappa shape index (κ2) is 10.9. The monoisotopic (exact) mass is 439 g/mol. The Labute approximate surface area is 161 Å². The Bertz CT molecular complexity index is 641. The maximum atomic E-state index is 5.17. The lowest BCUT2D eigenvalue weighted by Gasteiger charge is -2.13. The van der Waals surface area contributed by atoms with Gasteiger partial charge in [-0.05, 0) is 42.2 Å². The zero-order chi connectivity index (χ0) is 16.5. The molecule has 5 heteroatoms. The molecule has 2 aromatic carbocycles. The molecule has 0 aliphatic carbocycles. The molecule has 0 atom stereocenters. The third-order valence-electron chi connectivity index (χ3n) is 3.80. The van der Waals surface area contributed by atoms with Gasteiger partial charge in [0.2, 0.25) is 0 Å². The molecule has 0 saturated carbocycles.